The van der Waals surface area contributed by atoms with E-state index in [1.807, 2.05) is 0 Å². The Kier molecular flexibility index (Phi) is 17.2. The predicted molar refractivity (Wildman–Crippen MR) is 116 cm³/mol. The highest BCUT2D eigenvalue weighted by molar-refractivity contribution is 14.0. The molecule has 6 nitrogen and oxygen atoms in total. The van der Waals surface area contributed by atoms with Gasteiger partial charge in [0.05, 0.1) is 19.8 Å². The summed E-state index contributed by atoms with van der Waals surface area (Å²) in [7, 11) is 0. The summed E-state index contributed by atoms with van der Waals surface area (Å²) in [6.07, 6.45) is 3.44. The SMILES string of the molecule is CCNC(=NCCCCN1CCOCC1)NCCOCCC(C)C.I. The lowest BCUT2D eigenvalue weighted by atomic mass is 10.1. The second-order valence-electron chi connectivity index (χ2n) is 6.64. The second kappa shape index (κ2) is 17.3. The number of rotatable bonds is 12. The van der Waals surface area contributed by atoms with Crippen LogP contribution in [0, 0.1) is 5.92 Å². The van der Waals surface area contributed by atoms with E-state index in [2.05, 4.69) is 41.3 Å². The number of hydrogen-bond acceptors (Lipinski definition) is 4. The minimum atomic E-state index is 0. The van der Waals surface area contributed by atoms with Crippen molar-refractivity contribution in [1.82, 2.24) is 15.5 Å². The lowest BCUT2D eigenvalue weighted by Gasteiger charge is -2.26. The van der Waals surface area contributed by atoms with E-state index in [0.717, 1.165) is 84.5 Å². The fraction of sp³-hybridized carbons (Fsp3) is 0.944. The third-order valence-electron chi connectivity index (χ3n) is 3.98. The first-order valence-corrected chi connectivity index (χ1v) is 9.62. The van der Waals surface area contributed by atoms with Crippen molar-refractivity contribution in [3.63, 3.8) is 0 Å². The number of nitrogens with zero attached hydrogens (tertiary/aromatic N) is 2. The molecular weight excluding hydrogens is 431 g/mol. The molecule has 150 valence electrons. The van der Waals surface area contributed by atoms with Gasteiger partial charge in [0, 0.05) is 39.3 Å². The quantitative estimate of drug-likeness (QED) is 0.199. The summed E-state index contributed by atoms with van der Waals surface area (Å²) >= 11 is 0. The van der Waals surface area contributed by atoms with Crippen LogP contribution in [0.3, 0.4) is 0 Å². The summed E-state index contributed by atoms with van der Waals surface area (Å²) in [4.78, 5) is 7.12. The monoisotopic (exact) mass is 470 g/mol. The Bertz CT molecular complexity index is 324. The number of ether oxygens (including phenoxy) is 2. The van der Waals surface area contributed by atoms with Crippen molar-refractivity contribution in [2.45, 2.75) is 40.0 Å². The standard InChI is InChI=1S/C18H38N4O2.HI/c1-4-19-18(21-9-14-23-13-7-17(2)3)20-8-5-6-10-22-11-15-24-16-12-22;/h17H,4-16H2,1-3H3,(H2,19,20,21);1H. The van der Waals surface area contributed by atoms with Gasteiger partial charge in [-0.3, -0.25) is 9.89 Å². The van der Waals surface area contributed by atoms with Gasteiger partial charge >= 0.3 is 0 Å². The maximum Gasteiger partial charge on any atom is 0.191 e. The zero-order chi connectivity index (χ0) is 17.5. The van der Waals surface area contributed by atoms with E-state index in [1.165, 1.54) is 6.42 Å². The van der Waals surface area contributed by atoms with Crippen LogP contribution in [0.1, 0.15) is 40.0 Å². The molecule has 25 heavy (non-hydrogen) atoms. The number of morpholine rings is 1. The average Bonchev–Trinajstić information content (AvgIpc) is 2.58. The summed E-state index contributed by atoms with van der Waals surface area (Å²) in [6.45, 7) is 15.7. The minimum Gasteiger partial charge on any atom is -0.380 e. The zero-order valence-corrected chi connectivity index (χ0v) is 18.7. The van der Waals surface area contributed by atoms with Gasteiger partial charge in [-0.1, -0.05) is 13.8 Å². The van der Waals surface area contributed by atoms with Crippen molar-refractivity contribution in [3.05, 3.63) is 0 Å². The summed E-state index contributed by atoms with van der Waals surface area (Å²) in [6, 6.07) is 0. The van der Waals surface area contributed by atoms with Crippen LogP contribution in [0.4, 0.5) is 0 Å². The van der Waals surface area contributed by atoms with Crippen LogP contribution in [0.2, 0.25) is 0 Å². The zero-order valence-electron chi connectivity index (χ0n) is 16.4. The van der Waals surface area contributed by atoms with E-state index in [9.17, 15) is 0 Å². The first kappa shape index (κ1) is 24.9. The maximum atomic E-state index is 5.62. The van der Waals surface area contributed by atoms with E-state index in [-0.39, 0.29) is 24.0 Å². The molecule has 0 saturated carbocycles. The lowest BCUT2D eigenvalue weighted by molar-refractivity contribution is 0.0373. The molecule has 0 radical (unpaired) electrons. The Hall–Kier alpha value is -0.120. The average molecular weight is 470 g/mol. The Labute approximate surface area is 171 Å². The van der Waals surface area contributed by atoms with Gasteiger partial charge in [-0.25, -0.2) is 0 Å². The van der Waals surface area contributed by atoms with Crippen LogP contribution in [-0.2, 0) is 9.47 Å². The fourth-order valence-electron chi connectivity index (χ4n) is 2.47. The van der Waals surface area contributed by atoms with Gasteiger partial charge in [0.2, 0.25) is 0 Å². The molecule has 0 amide bonds. The fourth-order valence-corrected chi connectivity index (χ4v) is 2.47. The third-order valence-corrected chi connectivity index (χ3v) is 3.98. The number of aliphatic imine (C=N–C) groups is 1. The molecule has 0 atom stereocenters. The van der Waals surface area contributed by atoms with Crippen molar-refractivity contribution < 1.29 is 9.47 Å². The molecule has 0 aromatic carbocycles. The molecule has 0 aromatic heterocycles. The summed E-state index contributed by atoms with van der Waals surface area (Å²) in [5.41, 5.74) is 0. The Balaban J connectivity index is 0.00000576. The maximum absolute atomic E-state index is 5.62. The third kappa shape index (κ3) is 14.7. The highest BCUT2D eigenvalue weighted by atomic mass is 127. The van der Waals surface area contributed by atoms with Crippen LogP contribution < -0.4 is 10.6 Å². The van der Waals surface area contributed by atoms with E-state index in [1.54, 1.807) is 0 Å². The van der Waals surface area contributed by atoms with Crippen LogP contribution >= 0.6 is 24.0 Å². The molecular formula is C18H39IN4O2. The molecule has 2 N–H and O–H groups in total. The highest BCUT2D eigenvalue weighted by Crippen LogP contribution is 2.00. The molecule has 0 bridgehead atoms. The molecule has 0 unspecified atom stereocenters. The number of halogens is 1. The number of unbranched alkanes of at least 4 members (excludes halogenated alkanes) is 1. The summed E-state index contributed by atoms with van der Waals surface area (Å²) < 4.78 is 11.0. The van der Waals surface area contributed by atoms with Gasteiger partial charge in [0.15, 0.2) is 5.96 Å². The molecule has 1 saturated heterocycles. The van der Waals surface area contributed by atoms with Gasteiger partial charge in [0.1, 0.15) is 0 Å². The van der Waals surface area contributed by atoms with Crippen LogP contribution in [-0.4, -0.2) is 76.6 Å². The van der Waals surface area contributed by atoms with E-state index >= 15 is 0 Å². The van der Waals surface area contributed by atoms with Gasteiger partial charge in [-0.15, -0.1) is 24.0 Å². The predicted octanol–water partition coefficient (Wildman–Crippen LogP) is 2.33. The Morgan fingerprint density at radius 1 is 1.16 bits per heavy atom. The molecule has 1 fully saturated rings. The molecule has 1 rings (SSSR count). The topological polar surface area (TPSA) is 58.1 Å². The van der Waals surface area contributed by atoms with Crippen molar-refractivity contribution in [2.75, 3.05) is 65.7 Å². The molecule has 0 spiro atoms. The van der Waals surface area contributed by atoms with Crippen molar-refractivity contribution in [3.8, 4) is 0 Å². The van der Waals surface area contributed by atoms with E-state index < -0.39 is 0 Å². The Morgan fingerprint density at radius 2 is 1.92 bits per heavy atom. The molecule has 0 aromatic rings. The van der Waals surface area contributed by atoms with Gasteiger partial charge in [0.25, 0.3) is 0 Å². The van der Waals surface area contributed by atoms with E-state index in [4.69, 9.17) is 9.47 Å². The second-order valence-corrected chi connectivity index (χ2v) is 6.64. The molecule has 1 aliphatic rings. The van der Waals surface area contributed by atoms with Crippen molar-refractivity contribution >= 4 is 29.9 Å². The molecule has 7 heteroatoms. The smallest absolute Gasteiger partial charge is 0.191 e. The first-order chi connectivity index (χ1) is 11.7. The van der Waals surface area contributed by atoms with E-state index in [0.29, 0.717) is 5.92 Å². The molecule has 1 heterocycles. The summed E-state index contributed by atoms with van der Waals surface area (Å²) in [5.74, 6) is 1.60. The lowest BCUT2D eigenvalue weighted by Crippen LogP contribution is -2.39. The summed E-state index contributed by atoms with van der Waals surface area (Å²) in [5, 5.41) is 6.62. The Morgan fingerprint density at radius 3 is 2.60 bits per heavy atom. The first-order valence-electron chi connectivity index (χ1n) is 9.62. The number of guanidine groups is 1. The van der Waals surface area contributed by atoms with Gasteiger partial charge < -0.3 is 20.1 Å². The van der Waals surface area contributed by atoms with Crippen molar-refractivity contribution in [2.24, 2.45) is 10.9 Å². The normalized spacial score (nSPS) is 15.9. The molecule has 0 aliphatic carbocycles. The van der Waals surface area contributed by atoms with Gasteiger partial charge in [-0.2, -0.15) is 0 Å². The van der Waals surface area contributed by atoms with Crippen LogP contribution in [0.15, 0.2) is 4.99 Å². The van der Waals surface area contributed by atoms with Crippen LogP contribution in [0.25, 0.3) is 0 Å². The van der Waals surface area contributed by atoms with Crippen molar-refractivity contribution in [1.29, 1.82) is 0 Å². The molecule has 1 aliphatic heterocycles. The largest absolute Gasteiger partial charge is 0.380 e. The number of hydrogen-bond donors (Lipinski definition) is 2. The van der Waals surface area contributed by atoms with Gasteiger partial charge in [-0.05, 0) is 38.6 Å². The minimum absolute atomic E-state index is 0. The van der Waals surface area contributed by atoms with Crippen LogP contribution in [0.5, 0.6) is 0 Å². The number of nitrogens with one attached hydrogen (secondary N) is 2. The highest BCUT2D eigenvalue weighted by Gasteiger charge is 2.08.